The Bertz CT molecular complexity index is 1450. The quantitative estimate of drug-likeness (QED) is 0.385. The third-order valence-corrected chi connectivity index (χ3v) is 10.5. The maximum atomic E-state index is 14.7. The number of aromatic carboxylic acids is 1. The number of likely N-dealkylation sites (N-methyl/N-ethyl adjacent to an activating group) is 1. The van der Waals surface area contributed by atoms with Crippen molar-refractivity contribution in [2.75, 3.05) is 45.8 Å². The lowest BCUT2D eigenvalue weighted by Crippen LogP contribution is -2.57. The van der Waals surface area contributed by atoms with E-state index in [9.17, 15) is 19.5 Å². The van der Waals surface area contributed by atoms with Crippen LogP contribution in [0.15, 0.2) is 72.3 Å². The average molecular weight is 598 g/mol. The highest BCUT2D eigenvalue weighted by molar-refractivity contribution is 5.90. The zero-order chi connectivity index (χ0) is 31.7. The van der Waals surface area contributed by atoms with Crippen molar-refractivity contribution in [1.29, 1.82) is 0 Å². The Morgan fingerprint density at radius 2 is 1.50 bits per heavy atom. The minimum absolute atomic E-state index is 0.144. The Morgan fingerprint density at radius 3 is 2.09 bits per heavy atom. The van der Waals surface area contributed by atoms with Crippen LogP contribution in [-0.2, 0) is 15.0 Å². The van der Waals surface area contributed by atoms with Crippen LogP contribution in [0.4, 0.5) is 0 Å². The van der Waals surface area contributed by atoms with Crippen LogP contribution in [0.1, 0.15) is 75.4 Å². The van der Waals surface area contributed by atoms with Crippen molar-refractivity contribution in [2.24, 2.45) is 10.8 Å². The number of rotatable bonds is 8. The fourth-order valence-corrected chi connectivity index (χ4v) is 7.92. The summed E-state index contributed by atoms with van der Waals surface area (Å²) < 4.78 is 0. The number of carboxylic acids is 1. The van der Waals surface area contributed by atoms with Gasteiger partial charge in [0, 0.05) is 37.0 Å². The van der Waals surface area contributed by atoms with E-state index in [1.807, 2.05) is 35.2 Å². The molecule has 0 unspecified atom stereocenters. The van der Waals surface area contributed by atoms with Crippen molar-refractivity contribution in [1.82, 2.24) is 14.7 Å². The third-order valence-electron chi connectivity index (χ3n) is 10.5. The minimum Gasteiger partial charge on any atom is -0.478 e. The summed E-state index contributed by atoms with van der Waals surface area (Å²) in [4.78, 5) is 45.4. The maximum Gasteiger partial charge on any atom is 0.335 e. The number of carbonyl (C=O) groups is 3. The Labute approximate surface area is 262 Å². The van der Waals surface area contributed by atoms with Crippen molar-refractivity contribution in [3.05, 3.63) is 89.0 Å². The second-order valence-corrected chi connectivity index (χ2v) is 13.5. The van der Waals surface area contributed by atoms with Gasteiger partial charge in [-0.3, -0.25) is 14.5 Å². The van der Waals surface area contributed by atoms with Gasteiger partial charge in [0.15, 0.2) is 0 Å². The molecule has 0 saturated carbocycles. The fourth-order valence-electron chi connectivity index (χ4n) is 7.92. The molecule has 2 aliphatic heterocycles. The number of likely N-dealkylation sites (tertiary alicyclic amines) is 1. The van der Waals surface area contributed by atoms with Gasteiger partial charge >= 0.3 is 5.97 Å². The van der Waals surface area contributed by atoms with Gasteiger partial charge in [-0.25, -0.2) is 4.79 Å². The van der Waals surface area contributed by atoms with E-state index in [0.29, 0.717) is 45.6 Å². The van der Waals surface area contributed by atoms with E-state index in [1.54, 1.807) is 12.1 Å². The highest BCUT2D eigenvalue weighted by Crippen LogP contribution is 2.55. The molecule has 0 aromatic heterocycles. The molecule has 1 aliphatic carbocycles. The van der Waals surface area contributed by atoms with Gasteiger partial charge in [-0.15, -0.1) is 0 Å². The normalized spacial score (nSPS) is 22.6. The van der Waals surface area contributed by atoms with Crippen LogP contribution in [0.3, 0.4) is 0 Å². The zero-order valence-electron chi connectivity index (χ0n) is 26.9. The Morgan fingerprint density at radius 1 is 0.864 bits per heavy atom. The second-order valence-electron chi connectivity index (χ2n) is 13.5. The molecule has 0 bridgehead atoms. The molecule has 1 fully saturated rings. The molecule has 2 aromatic carbocycles. The van der Waals surface area contributed by atoms with Crippen LogP contribution in [0.25, 0.3) is 5.57 Å². The summed E-state index contributed by atoms with van der Waals surface area (Å²) in [6.45, 7) is 15.4. The van der Waals surface area contributed by atoms with Crippen LogP contribution < -0.4 is 0 Å². The topological polar surface area (TPSA) is 81.2 Å². The molecule has 0 radical (unpaired) electrons. The molecule has 5 rings (SSSR count). The van der Waals surface area contributed by atoms with Gasteiger partial charge in [0.1, 0.15) is 0 Å². The number of amides is 2. The van der Waals surface area contributed by atoms with Crippen molar-refractivity contribution >= 4 is 23.4 Å². The number of piperidine rings is 1. The fraction of sp³-hybridized carbons (Fsp3) is 0.486. The summed E-state index contributed by atoms with van der Waals surface area (Å²) in [7, 11) is 0. The molecular weight excluding hydrogens is 550 g/mol. The van der Waals surface area contributed by atoms with Crippen molar-refractivity contribution in [3.8, 4) is 0 Å². The van der Waals surface area contributed by atoms with Crippen molar-refractivity contribution < 1.29 is 19.5 Å². The van der Waals surface area contributed by atoms with Crippen molar-refractivity contribution in [3.63, 3.8) is 0 Å². The summed E-state index contributed by atoms with van der Waals surface area (Å²) in [6, 6.07) is 17.3. The Hall–Kier alpha value is -3.71. The first-order valence-electron chi connectivity index (χ1n) is 16.1. The molecule has 2 heterocycles. The van der Waals surface area contributed by atoms with Gasteiger partial charge in [-0.2, -0.15) is 0 Å². The number of fused-ring (bicyclic) bond motifs is 1. The molecule has 1 N–H and O–H groups in total. The molecule has 2 aromatic rings. The molecule has 2 amide bonds. The van der Waals surface area contributed by atoms with E-state index in [2.05, 4.69) is 68.7 Å². The molecule has 1 saturated heterocycles. The third kappa shape index (κ3) is 5.74. The van der Waals surface area contributed by atoms with Crippen LogP contribution >= 0.6 is 0 Å². The van der Waals surface area contributed by atoms with E-state index in [4.69, 9.17) is 0 Å². The first-order chi connectivity index (χ1) is 20.9. The molecule has 234 valence electrons. The molecule has 0 spiro atoms. The summed E-state index contributed by atoms with van der Waals surface area (Å²) in [6.07, 6.45) is 6.58. The molecular formula is C37H47N3O4. The Kier molecular flexibility index (Phi) is 8.90. The van der Waals surface area contributed by atoms with E-state index < -0.39 is 11.4 Å². The van der Waals surface area contributed by atoms with E-state index in [1.165, 1.54) is 11.1 Å². The lowest BCUT2D eigenvalue weighted by molar-refractivity contribution is -0.144. The number of carboxylic acid groups (broad SMARTS) is 1. The molecule has 1 atom stereocenters. The molecule has 7 nitrogen and oxygen atoms in total. The summed E-state index contributed by atoms with van der Waals surface area (Å²) in [5.74, 6) is -0.621. The maximum absolute atomic E-state index is 14.7. The number of nitrogens with zero attached hydrogens (tertiary/aromatic N) is 3. The highest BCUT2D eigenvalue weighted by Gasteiger charge is 2.50. The zero-order valence-corrected chi connectivity index (χ0v) is 26.9. The summed E-state index contributed by atoms with van der Waals surface area (Å²) in [5, 5.41) is 9.34. The molecule has 44 heavy (non-hydrogen) atoms. The van der Waals surface area contributed by atoms with Gasteiger partial charge in [0.05, 0.1) is 17.5 Å². The number of allylic oxidation sites excluding steroid dienone is 2. The van der Waals surface area contributed by atoms with Gasteiger partial charge < -0.3 is 14.9 Å². The highest BCUT2D eigenvalue weighted by atomic mass is 16.4. The summed E-state index contributed by atoms with van der Waals surface area (Å²) >= 11 is 0. The van der Waals surface area contributed by atoms with Gasteiger partial charge in [-0.05, 0) is 61.2 Å². The van der Waals surface area contributed by atoms with Crippen LogP contribution in [0, 0.1) is 10.8 Å². The number of carbonyl (C=O) groups excluding carboxylic acids is 2. The standard InChI is InChI=1S/C37H47N3O4/c1-6-38(7-2)25-32(41)39-23-20-37(21-24-39,29-11-9-8-10-12-29)34(44)40-22-18-31-35(3,4)30(17-19-36(31,5)26-40)27-13-15-28(16-14-27)33(42)43/h8-18H,6-7,19-26H2,1-5H3,(H,42,43)/t36-/m1/s1. The molecule has 7 heteroatoms. The molecule has 3 aliphatic rings. The lowest BCUT2D eigenvalue weighted by atomic mass is 9.58. The van der Waals surface area contributed by atoms with Crippen LogP contribution in [0.5, 0.6) is 0 Å². The first-order valence-corrected chi connectivity index (χ1v) is 16.1. The largest absolute Gasteiger partial charge is 0.478 e. The second kappa shape index (κ2) is 12.4. The lowest BCUT2D eigenvalue weighted by Gasteiger charge is -2.52. The SMILES string of the molecule is CCN(CC)CC(=O)N1CCC(C(=O)N2CC=C3C(C)(C)C(c4ccc(C(=O)O)cc4)=CC[C@]3(C)C2)(c2ccccc2)CC1. The van der Waals surface area contributed by atoms with Gasteiger partial charge in [0.2, 0.25) is 11.8 Å². The summed E-state index contributed by atoms with van der Waals surface area (Å²) in [5.41, 5.74) is 3.75. The number of benzene rings is 2. The van der Waals surface area contributed by atoms with Gasteiger partial charge in [0.25, 0.3) is 0 Å². The first kappa shape index (κ1) is 31.7. The Balaban J connectivity index is 1.38. The number of hydrogen-bond donors (Lipinski definition) is 1. The average Bonchev–Trinajstić information content (AvgIpc) is 3.03. The van der Waals surface area contributed by atoms with Crippen LogP contribution in [0.2, 0.25) is 0 Å². The number of hydrogen-bond acceptors (Lipinski definition) is 4. The van der Waals surface area contributed by atoms with E-state index in [-0.39, 0.29) is 28.2 Å². The van der Waals surface area contributed by atoms with Gasteiger partial charge in [-0.1, -0.05) is 94.8 Å². The van der Waals surface area contributed by atoms with Crippen LogP contribution in [-0.4, -0.2) is 83.4 Å². The minimum atomic E-state index is -0.925. The van der Waals surface area contributed by atoms with Crippen molar-refractivity contribution in [2.45, 2.75) is 59.3 Å². The monoisotopic (exact) mass is 597 g/mol. The smallest absolute Gasteiger partial charge is 0.335 e. The van der Waals surface area contributed by atoms with E-state index in [0.717, 1.165) is 30.6 Å². The predicted molar refractivity (Wildman–Crippen MR) is 174 cm³/mol. The predicted octanol–water partition coefficient (Wildman–Crippen LogP) is 5.88. The van der Waals surface area contributed by atoms with E-state index >= 15 is 0 Å².